The number of hydrogen-bond donors (Lipinski definition) is 2. The van der Waals surface area contributed by atoms with E-state index < -0.39 is 11.8 Å². The molecular formula is C40H37N3O7. The van der Waals surface area contributed by atoms with E-state index in [4.69, 9.17) is 18.3 Å². The smallest absolute Gasteiger partial charge is 0.291 e. The van der Waals surface area contributed by atoms with Gasteiger partial charge in [0, 0.05) is 36.5 Å². The van der Waals surface area contributed by atoms with Crippen LogP contribution in [0, 0.1) is 0 Å². The number of rotatable bonds is 13. The molecule has 0 unspecified atom stereocenters. The van der Waals surface area contributed by atoms with Crippen LogP contribution < -0.4 is 25.5 Å². The normalized spacial score (nSPS) is 11.0. The fourth-order valence-electron chi connectivity index (χ4n) is 5.63. The average molecular weight is 672 g/mol. The molecule has 10 nitrogen and oxygen atoms in total. The third-order valence-electron chi connectivity index (χ3n) is 8.42. The zero-order valence-electron chi connectivity index (χ0n) is 28.0. The van der Waals surface area contributed by atoms with Crippen molar-refractivity contribution < 1.29 is 27.9 Å². The number of carbonyl (C=O) groups excluding carboxylic acids is 2. The number of carbonyl (C=O) groups is 2. The number of para-hydroxylation sites is 1. The minimum atomic E-state index is -0.703. The molecule has 254 valence electrons. The van der Waals surface area contributed by atoms with Crippen LogP contribution in [-0.2, 0) is 13.0 Å². The molecule has 50 heavy (non-hydrogen) atoms. The van der Waals surface area contributed by atoms with E-state index in [2.05, 4.69) is 46.7 Å². The van der Waals surface area contributed by atoms with E-state index in [1.165, 1.54) is 31.9 Å². The Labute approximate surface area is 289 Å². The number of anilines is 2. The van der Waals surface area contributed by atoms with E-state index in [1.54, 1.807) is 30.5 Å². The Bertz CT molecular complexity index is 2160. The summed E-state index contributed by atoms with van der Waals surface area (Å²) in [4.78, 5) is 41.9. The fraction of sp³-hybridized carbons (Fsp3) is 0.175. The molecule has 0 saturated carbocycles. The largest absolute Gasteiger partial charge is 0.493 e. The van der Waals surface area contributed by atoms with Crippen LogP contribution in [0.1, 0.15) is 39.0 Å². The van der Waals surface area contributed by atoms with Gasteiger partial charge in [-0.15, -0.1) is 0 Å². The van der Waals surface area contributed by atoms with Crippen LogP contribution in [0.2, 0.25) is 0 Å². The molecule has 2 heterocycles. The first kappa shape index (κ1) is 33.8. The quantitative estimate of drug-likeness (QED) is 0.128. The highest BCUT2D eigenvalue weighted by molar-refractivity contribution is 6.12. The van der Waals surface area contributed by atoms with Crippen LogP contribution in [0.3, 0.4) is 0 Å². The summed E-state index contributed by atoms with van der Waals surface area (Å²) in [6.45, 7) is 4.76. The molecule has 2 amide bonds. The molecule has 0 spiro atoms. The minimum Gasteiger partial charge on any atom is -0.493 e. The van der Waals surface area contributed by atoms with E-state index in [0.29, 0.717) is 22.6 Å². The lowest BCUT2D eigenvalue weighted by molar-refractivity contribution is 0.0997. The van der Waals surface area contributed by atoms with E-state index in [9.17, 15) is 14.4 Å². The highest BCUT2D eigenvalue weighted by atomic mass is 16.5. The standard InChI is InChI=1S/C40H37N3O7/c1-4-43(25-27-11-15-28(16-12-27)34-10-7-21-49-34)20-19-26-13-17-29(18-14-26)41-39(45)31-22-36(47-2)37(48-3)23-32(31)42-40(46)38-24-33(44)30-8-5-6-9-35(30)50-38/h5-18,21-24H,4,19-20,25H2,1-3H3,(H,41,45)(H,42,46). The summed E-state index contributed by atoms with van der Waals surface area (Å²) in [7, 11) is 2.91. The first-order valence-corrected chi connectivity index (χ1v) is 16.2. The van der Waals surface area contributed by atoms with Crippen molar-refractivity contribution in [1.29, 1.82) is 0 Å². The predicted molar refractivity (Wildman–Crippen MR) is 193 cm³/mol. The van der Waals surface area contributed by atoms with Crippen molar-refractivity contribution in [2.75, 3.05) is 37.9 Å². The van der Waals surface area contributed by atoms with Gasteiger partial charge < -0.3 is 28.9 Å². The SMILES string of the molecule is CCN(CCc1ccc(NC(=O)c2cc(OC)c(OC)cc2NC(=O)c2cc(=O)c3ccccc3o2)cc1)Cc1ccc(-c2ccco2)cc1. The summed E-state index contributed by atoms with van der Waals surface area (Å²) in [5.74, 6) is 0.0743. The number of hydrogen-bond acceptors (Lipinski definition) is 8. The molecule has 2 aromatic heterocycles. The van der Waals surface area contributed by atoms with Gasteiger partial charge in [0.15, 0.2) is 22.7 Å². The Morgan fingerprint density at radius 2 is 1.50 bits per heavy atom. The molecule has 0 atom stereocenters. The Balaban J connectivity index is 1.12. The van der Waals surface area contributed by atoms with Crippen molar-refractivity contribution in [1.82, 2.24) is 4.90 Å². The van der Waals surface area contributed by atoms with Crippen LogP contribution in [0.25, 0.3) is 22.3 Å². The van der Waals surface area contributed by atoms with E-state index in [0.717, 1.165) is 49.0 Å². The van der Waals surface area contributed by atoms with Gasteiger partial charge in [-0.05, 0) is 66.6 Å². The molecule has 10 heteroatoms. The summed E-state index contributed by atoms with van der Waals surface area (Å²) < 4.78 is 22.0. The highest BCUT2D eigenvalue weighted by Gasteiger charge is 2.21. The molecule has 0 fully saturated rings. The fourth-order valence-corrected chi connectivity index (χ4v) is 5.63. The second-order valence-electron chi connectivity index (χ2n) is 11.6. The number of amides is 2. The van der Waals surface area contributed by atoms with Gasteiger partial charge in [-0.25, -0.2) is 0 Å². The number of likely N-dealkylation sites (N-methyl/N-ethyl adjacent to an activating group) is 1. The van der Waals surface area contributed by atoms with Crippen molar-refractivity contribution in [3.05, 3.63) is 142 Å². The number of benzene rings is 4. The van der Waals surface area contributed by atoms with Gasteiger partial charge in [-0.1, -0.05) is 55.5 Å². The molecule has 4 aromatic carbocycles. The Morgan fingerprint density at radius 1 is 0.780 bits per heavy atom. The number of nitrogens with one attached hydrogen (secondary N) is 2. The van der Waals surface area contributed by atoms with Gasteiger partial charge in [-0.2, -0.15) is 0 Å². The lowest BCUT2D eigenvalue weighted by Gasteiger charge is -2.20. The summed E-state index contributed by atoms with van der Waals surface area (Å²) >= 11 is 0. The topological polar surface area (TPSA) is 123 Å². The molecule has 0 aliphatic carbocycles. The summed E-state index contributed by atoms with van der Waals surface area (Å²) in [5, 5.41) is 5.97. The van der Waals surface area contributed by atoms with Crippen LogP contribution in [0.15, 0.2) is 123 Å². The lowest BCUT2D eigenvalue weighted by atomic mass is 10.1. The number of methoxy groups -OCH3 is 2. The van der Waals surface area contributed by atoms with Crippen molar-refractivity contribution in [2.45, 2.75) is 19.9 Å². The van der Waals surface area contributed by atoms with Crippen molar-refractivity contribution in [3.8, 4) is 22.8 Å². The first-order chi connectivity index (χ1) is 24.3. The van der Waals surface area contributed by atoms with Gasteiger partial charge >= 0.3 is 0 Å². The molecule has 0 bridgehead atoms. The average Bonchev–Trinajstić information content (AvgIpc) is 3.69. The third kappa shape index (κ3) is 7.77. The zero-order valence-corrected chi connectivity index (χ0v) is 28.0. The monoisotopic (exact) mass is 671 g/mol. The third-order valence-corrected chi connectivity index (χ3v) is 8.42. The Hall–Kier alpha value is -6.13. The van der Waals surface area contributed by atoms with Crippen LogP contribution >= 0.6 is 0 Å². The number of fused-ring (bicyclic) bond motifs is 1. The summed E-state index contributed by atoms with van der Waals surface area (Å²) in [6, 6.07) is 30.7. The Kier molecular flexibility index (Phi) is 10.4. The van der Waals surface area contributed by atoms with Crippen LogP contribution in [-0.4, -0.2) is 44.0 Å². The molecule has 6 rings (SSSR count). The van der Waals surface area contributed by atoms with Gasteiger partial charge in [0.05, 0.1) is 37.1 Å². The maximum absolute atomic E-state index is 13.6. The zero-order chi connectivity index (χ0) is 35.0. The first-order valence-electron chi connectivity index (χ1n) is 16.2. The highest BCUT2D eigenvalue weighted by Crippen LogP contribution is 2.34. The Morgan fingerprint density at radius 3 is 2.20 bits per heavy atom. The molecule has 2 N–H and O–H groups in total. The molecular weight excluding hydrogens is 634 g/mol. The molecule has 0 radical (unpaired) electrons. The molecule has 0 aliphatic heterocycles. The van der Waals surface area contributed by atoms with E-state index in [1.807, 2.05) is 36.4 Å². The lowest BCUT2D eigenvalue weighted by Crippen LogP contribution is -2.25. The maximum Gasteiger partial charge on any atom is 0.291 e. The summed E-state index contributed by atoms with van der Waals surface area (Å²) in [5.41, 5.74) is 4.18. The van der Waals surface area contributed by atoms with Gasteiger partial charge in [0.25, 0.3) is 11.8 Å². The summed E-state index contributed by atoms with van der Waals surface area (Å²) in [6.07, 6.45) is 2.51. The van der Waals surface area contributed by atoms with Gasteiger partial charge in [-0.3, -0.25) is 19.3 Å². The molecule has 6 aromatic rings. The molecule has 0 aliphatic rings. The second kappa shape index (κ2) is 15.4. The molecule has 0 saturated heterocycles. The van der Waals surface area contributed by atoms with E-state index in [-0.39, 0.29) is 28.0 Å². The maximum atomic E-state index is 13.6. The van der Waals surface area contributed by atoms with Crippen molar-refractivity contribution >= 4 is 34.2 Å². The number of nitrogens with zero attached hydrogens (tertiary/aromatic N) is 1. The van der Waals surface area contributed by atoms with Crippen LogP contribution in [0.5, 0.6) is 11.5 Å². The predicted octanol–water partition coefficient (Wildman–Crippen LogP) is 7.64. The van der Waals surface area contributed by atoms with Gasteiger partial charge in [0.1, 0.15) is 11.3 Å². The minimum absolute atomic E-state index is 0.124. The van der Waals surface area contributed by atoms with Crippen LogP contribution in [0.4, 0.5) is 11.4 Å². The number of furan rings is 1. The van der Waals surface area contributed by atoms with Crippen molar-refractivity contribution in [3.63, 3.8) is 0 Å². The van der Waals surface area contributed by atoms with E-state index >= 15 is 0 Å². The van der Waals surface area contributed by atoms with Crippen molar-refractivity contribution in [2.24, 2.45) is 0 Å². The second-order valence-corrected chi connectivity index (χ2v) is 11.6. The van der Waals surface area contributed by atoms with Gasteiger partial charge in [0.2, 0.25) is 0 Å². The number of ether oxygens (including phenoxy) is 2.